The van der Waals surface area contributed by atoms with Crippen molar-refractivity contribution < 1.29 is 13.5 Å². The molecule has 0 atom stereocenters. The lowest BCUT2D eigenvalue weighted by atomic mass is 10.2. The molecule has 2 nitrogen and oxygen atoms in total. The minimum Gasteiger partial charge on any atom is -0.487 e. The van der Waals surface area contributed by atoms with Crippen LogP contribution >= 0.6 is 0 Å². The van der Waals surface area contributed by atoms with Gasteiger partial charge in [0.2, 0.25) is 0 Å². The van der Waals surface area contributed by atoms with Crippen molar-refractivity contribution in [2.45, 2.75) is 6.61 Å². The van der Waals surface area contributed by atoms with Gasteiger partial charge in [-0.05, 0) is 24.3 Å². The zero-order valence-corrected chi connectivity index (χ0v) is 10.9. The molecule has 0 spiro atoms. The fourth-order valence-electron chi connectivity index (χ4n) is 2.27. The summed E-state index contributed by atoms with van der Waals surface area (Å²) < 4.78 is 34.1. The highest BCUT2D eigenvalue weighted by molar-refractivity contribution is 5.81. The number of ether oxygens (including phenoxy) is 1. The van der Waals surface area contributed by atoms with E-state index in [1.807, 2.05) is 12.1 Å². The Morgan fingerprint density at radius 2 is 1.85 bits per heavy atom. The number of fused-ring (bicyclic) bond motifs is 1. The van der Waals surface area contributed by atoms with E-state index >= 15 is 0 Å². The number of halogens is 2. The molecule has 0 aliphatic rings. The maximum atomic E-state index is 13.8. The molecule has 4 heteroatoms. The predicted molar refractivity (Wildman–Crippen MR) is 73.6 cm³/mol. The van der Waals surface area contributed by atoms with E-state index in [0.29, 0.717) is 11.3 Å². The van der Waals surface area contributed by atoms with E-state index in [1.54, 1.807) is 29.8 Å². The molecule has 0 saturated heterocycles. The number of benzene rings is 2. The summed E-state index contributed by atoms with van der Waals surface area (Å²) >= 11 is 0. The van der Waals surface area contributed by atoms with Gasteiger partial charge in [-0.2, -0.15) is 0 Å². The first-order chi connectivity index (χ1) is 9.65. The second-order valence-corrected chi connectivity index (χ2v) is 4.62. The number of hydrogen-bond donors (Lipinski definition) is 0. The average molecular weight is 273 g/mol. The number of rotatable bonds is 3. The zero-order chi connectivity index (χ0) is 14.1. The summed E-state index contributed by atoms with van der Waals surface area (Å²) in [7, 11) is 1.79. The van der Waals surface area contributed by atoms with Crippen LogP contribution in [0.25, 0.3) is 10.9 Å². The van der Waals surface area contributed by atoms with Gasteiger partial charge < -0.3 is 9.30 Å². The predicted octanol–water partition coefficient (Wildman–Crippen LogP) is 4.04. The molecule has 0 amide bonds. The van der Waals surface area contributed by atoms with Crippen LogP contribution in [0.2, 0.25) is 0 Å². The summed E-state index contributed by atoms with van der Waals surface area (Å²) in [4.78, 5) is 0. The quantitative estimate of drug-likeness (QED) is 0.702. The molecular formula is C16H13F2NO. The van der Waals surface area contributed by atoms with Crippen molar-refractivity contribution in [3.63, 3.8) is 0 Å². The highest BCUT2D eigenvalue weighted by Gasteiger charge is 2.10. The minimum absolute atomic E-state index is 0.258. The van der Waals surface area contributed by atoms with Crippen LogP contribution in [0.3, 0.4) is 0 Å². The summed E-state index contributed by atoms with van der Waals surface area (Å²) in [5, 5.41) is 0.824. The standard InChI is InChI=1S/C16H13F2NO/c1-19-13(8-11-4-2-7-15(18)16(11)19)10-20-14-6-3-5-12(17)9-14/h2-9H,10H2,1H3. The van der Waals surface area contributed by atoms with Crippen molar-refractivity contribution in [3.05, 3.63) is 65.9 Å². The number of aryl methyl sites for hydroxylation is 1. The van der Waals surface area contributed by atoms with E-state index in [-0.39, 0.29) is 18.2 Å². The SMILES string of the molecule is Cn1c(COc2cccc(F)c2)cc2cccc(F)c21. The van der Waals surface area contributed by atoms with Crippen LogP contribution in [0.4, 0.5) is 8.78 Å². The van der Waals surface area contributed by atoms with E-state index < -0.39 is 0 Å². The normalized spacial score (nSPS) is 10.9. The first-order valence-corrected chi connectivity index (χ1v) is 6.26. The molecule has 0 aliphatic heterocycles. The Bertz CT molecular complexity index is 764. The summed E-state index contributed by atoms with van der Waals surface area (Å²) in [6, 6.07) is 12.8. The summed E-state index contributed by atoms with van der Waals surface area (Å²) in [6.07, 6.45) is 0. The highest BCUT2D eigenvalue weighted by Crippen LogP contribution is 2.23. The van der Waals surface area contributed by atoms with Crippen molar-refractivity contribution in [1.29, 1.82) is 0 Å². The maximum absolute atomic E-state index is 13.8. The van der Waals surface area contributed by atoms with Gasteiger partial charge in [-0.3, -0.25) is 0 Å². The van der Waals surface area contributed by atoms with E-state index in [2.05, 4.69) is 0 Å². The molecule has 0 fully saturated rings. The molecular weight excluding hydrogens is 260 g/mol. The van der Waals surface area contributed by atoms with Gasteiger partial charge in [-0.25, -0.2) is 8.78 Å². The number of para-hydroxylation sites is 1. The van der Waals surface area contributed by atoms with E-state index in [1.165, 1.54) is 18.2 Å². The van der Waals surface area contributed by atoms with Crippen LogP contribution in [0, 0.1) is 11.6 Å². The Kier molecular flexibility index (Phi) is 3.14. The lowest BCUT2D eigenvalue weighted by molar-refractivity contribution is 0.296. The van der Waals surface area contributed by atoms with Gasteiger partial charge in [0.25, 0.3) is 0 Å². The molecule has 1 heterocycles. The Morgan fingerprint density at radius 1 is 1.05 bits per heavy atom. The molecule has 20 heavy (non-hydrogen) atoms. The van der Waals surface area contributed by atoms with E-state index in [9.17, 15) is 8.78 Å². The fraction of sp³-hybridized carbons (Fsp3) is 0.125. The average Bonchev–Trinajstić information content (AvgIpc) is 2.75. The molecule has 3 aromatic rings. The third-order valence-electron chi connectivity index (χ3n) is 3.29. The molecule has 0 unspecified atom stereocenters. The van der Waals surface area contributed by atoms with Crippen LogP contribution < -0.4 is 4.74 Å². The van der Waals surface area contributed by atoms with Crippen molar-refractivity contribution in [2.24, 2.45) is 7.05 Å². The van der Waals surface area contributed by atoms with E-state index in [4.69, 9.17) is 4.74 Å². The van der Waals surface area contributed by atoms with Crippen molar-refractivity contribution in [1.82, 2.24) is 4.57 Å². The van der Waals surface area contributed by atoms with Crippen molar-refractivity contribution >= 4 is 10.9 Å². The Balaban J connectivity index is 1.88. The Hall–Kier alpha value is -2.36. The zero-order valence-electron chi connectivity index (χ0n) is 10.9. The van der Waals surface area contributed by atoms with Gasteiger partial charge >= 0.3 is 0 Å². The lowest BCUT2D eigenvalue weighted by Crippen LogP contribution is -2.02. The van der Waals surface area contributed by atoms with Gasteiger partial charge in [0.15, 0.2) is 0 Å². The monoisotopic (exact) mass is 273 g/mol. The smallest absolute Gasteiger partial charge is 0.147 e. The second kappa shape index (κ2) is 4.96. The molecule has 0 N–H and O–H groups in total. The second-order valence-electron chi connectivity index (χ2n) is 4.62. The molecule has 0 aliphatic carbocycles. The Morgan fingerprint density at radius 3 is 2.60 bits per heavy atom. The summed E-state index contributed by atoms with van der Waals surface area (Å²) in [5.41, 5.74) is 1.37. The van der Waals surface area contributed by atoms with Gasteiger partial charge in [-0.1, -0.05) is 18.2 Å². The highest BCUT2D eigenvalue weighted by atomic mass is 19.1. The minimum atomic E-state index is -0.342. The number of hydrogen-bond acceptors (Lipinski definition) is 1. The Labute approximate surface area is 115 Å². The van der Waals surface area contributed by atoms with Crippen LogP contribution in [0.15, 0.2) is 48.5 Å². The largest absolute Gasteiger partial charge is 0.487 e. The summed E-state index contributed by atoms with van der Waals surface area (Å²) in [5.74, 6) is -0.150. The molecule has 0 bridgehead atoms. The van der Waals surface area contributed by atoms with Gasteiger partial charge in [0, 0.05) is 18.5 Å². The fourth-order valence-corrected chi connectivity index (χ4v) is 2.27. The topological polar surface area (TPSA) is 14.2 Å². The molecule has 0 radical (unpaired) electrons. The third kappa shape index (κ3) is 2.25. The molecule has 102 valence electrons. The van der Waals surface area contributed by atoms with Gasteiger partial charge in [0.05, 0.1) is 11.2 Å². The number of nitrogens with zero attached hydrogens (tertiary/aromatic N) is 1. The van der Waals surface area contributed by atoms with Crippen LogP contribution in [0.5, 0.6) is 5.75 Å². The number of aromatic nitrogens is 1. The molecule has 3 rings (SSSR count). The van der Waals surface area contributed by atoms with Gasteiger partial charge in [-0.15, -0.1) is 0 Å². The third-order valence-corrected chi connectivity index (χ3v) is 3.29. The maximum Gasteiger partial charge on any atom is 0.147 e. The molecule has 1 aromatic heterocycles. The van der Waals surface area contributed by atoms with Crippen molar-refractivity contribution in [3.8, 4) is 5.75 Å². The van der Waals surface area contributed by atoms with Crippen molar-refractivity contribution in [2.75, 3.05) is 0 Å². The first kappa shape index (κ1) is 12.7. The summed E-state index contributed by atoms with van der Waals surface area (Å²) in [6.45, 7) is 0.258. The van der Waals surface area contributed by atoms with E-state index in [0.717, 1.165) is 11.1 Å². The van der Waals surface area contributed by atoms with Crippen LogP contribution in [0.1, 0.15) is 5.69 Å². The lowest BCUT2D eigenvalue weighted by Gasteiger charge is -2.07. The first-order valence-electron chi connectivity index (χ1n) is 6.26. The van der Waals surface area contributed by atoms with Crippen LogP contribution in [-0.2, 0) is 13.7 Å². The molecule has 0 saturated carbocycles. The van der Waals surface area contributed by atoms with Gasteiger partial charge in [0.1, 0.15) is 24.0 Å². The molecule has 2 aromatic carbocycles. The van der Waals surface area contributed by atoms with Crippen LogP contribution in [-0.4, -0.2) is 4.57 Å².